The van der Waals surface area contributed by atoms with E-state index in [0.29, 0.717) is 5.54 Å². The molecule has 1 unspecified atom stereocenters. The number of ether oxygens (including phenoxy) is 1. The van der Waals surface area contributed by atoms with Gasteiger partial charge in [0.05, 0.1) is 0 Å². The molecule has 2 rings (SSSR count). The van der Waals surface area contributed by atoms with Crippen LogP contribution in [0.25, 0.3) is 0 Å². The van der Waals surface area contributed by atoms with Gasteiger partial charge in [-0.3, -0.25) is 4.90 Å². The fourth-order valence-electron chi connectivity index (χ4n) is 3.18. The summed E-state index contributed by atoms with van der Waals surface area (Å²) in [6.45, 7) is 5.84. The maximum Gasteiger partial charge on any atom is 0.0474 e. The number of piperidine rings is 1. The lowest BCUT2D eigenvalue weighted by atomic mass is 9.87. The Bertz CT molecular complexity index is 190. The molecule has 0 amide bonds. The molecule has 0 aromatic carbocycles. The van der Waals surface area contributed by atoms with Crippen LogP contribution in [0.4, 0.5) is 0 Å². The number of rotatable bonds is 4. The maximum absolute atomic E-state index is 5.14. The molecule has 3 heteroatoms. The number of likely N-dealkylation sites (tertiary alicyclic amines) is 1. The Hall–Kier alpha value is -0.120. The van der Waals surface area contributed by atoms with Gasteiger partial charge in [-0.15, -0.1) is 0 Å². The quantitative estimate of drug-likeness (QED) is 0.710. The fourth-order valence-corrected chi connectivity index (χ4v) is 3.18. The molecule has 2 aliphatic rings. The summed E-state index contributed by atoms with van der Waals surface area (Å²) in [5, 5.41) is 3.56. The molecule has 0 aromatic rings. The van der Waals surface area contributed by atoms with E-state index < -0.39 is 0 Å². The monoisotopic (exact) mass is 212 g/mol. The van der Waals surface area contributed by atoms with Gasteiger partial charge in [-0.25, -0.2) is 0 Å². The molecule has 1 N–H and O–H groups in total. The van der Waals surface area contributed by atoms with Crippen LogP contribution in [0.5, 0.6) is 0 Å². The number of hydrogen-bond donors (Lipinski definition) is 1. The Labute approximate surface area is 93.2 Å². The van der Waals surface area contributed by atoms with E-state index in [1.165, 1.54) is 58.3 Å². The SMILES string of the molecule is COCCCN1CCCC12CCCNC2. The number of methoxy groups -OCH3 is 1. The molecule has 2 heterocycles. The van der Waals surface area contributed by atoms with Crippen molar-refractivity contribution in [3.63, 3.8) is 0 Å². The van der Waals surface area contributed by atoms with Crippen molar-refractivity contribution < 1.29 is 4.74 Å². The molecule has 1 atom stereocenters. The van der Waals surface area contributed by atoms with Crippen molar-refractivity contribution in [2.75, 3.05) is 39.9 Å². The van der Waals surface area contributed by atoms with Crippen LogP contribution in [0.3, 0.4) is 0 Å². The van der Waals surface area contributed by atoms with E-state index in [0.717, 1.165) is 6.61 Å². The van der Waals surface area contributed by atoms with Gasteiger partial charge in [-0.2, -0.15) is 0 Å². The Morgan fingerprint density at radius 2 is 2.20 bits per heavy atom. The summed E-state index contributed by atoms with van der Waals surface area (Å²) >= 11 is 0. The third-order valence-electron chi connectivity index (χ3n) is 3.97. The van der Waals surface area contributed by atoms with Gasteiger partial charge in [0.2, 0.25) is 0 Å². The summed E-state index contributed by atoms with van der Waals surface area (Å²) in [5.74, 6) is 0. The van der Waals surface area contributed by atoms with E-state index in [1.54, 1.807) is 7.11 Å². The third-order valence-corrected chi connectivity index (χ3v) is 3.97. The van der Waals surface area contributed by atoms with Crippen LogP contribution in [-0.2, 0) is 4.74 Å². The lowest BCUT2D eigenvalue weighted by molar-refractivity contribution is 0.0913. The van der Waals surface area contributed by atoms with Gasteiger partial charge in [-0.05, 0) is 45.2 Å². The van der Waals surface area contributed by atoms with Gasteiger partial charge in [0.15, 0.2) is 0 Å². The summed E-state index contributed by atoms with van der Waals surface area (Å²) in [7, 11) is 1.79. The van der Waals surface area contributed by atoms with E-state index >= 15 is 0 Å². The Balaban J connectivity index is 1.85. The standard InChI is InChI=1S/C12H24N2O/c1-15-10-4-9-14-8-3-6-12(14)5-2-7-13-11-12/h13H,2-11H2,1H3. The average molecular weight is 212 g/mol. The highest BCUT2D eigenvalue weighted by Crippen LogP contribution is 2.34. The first-order valence-electron chi connectivity index (χ1n) is 6.32. The van der Waals surface area contributed by atoms with Gasteiger partial charge in [0.1, 0.15) is 0 Å². The Morgan fingerprint density at radius 3 is 2.93 bits per heavy atom. The van der Waals surface area contributed by atoms with Crippen LogP contribution < -0.4 is 5.32 Å². The van der Waals surface area contributed by atoms with Crippen molar-refractivity contribution in [1.29, 1.82) is 0 Å². The first-order chi connectivity index (χ1) is 7.37. The van der Waals surface area contributed by atoms with Crippen LogP contribution in [-0.4, -0.2) is 50.3 Å². The first kappa shape index (κ1) is 11.4. The predicted molar refractivity (Wildman–Crippen MR) is 62.1 cm³/mol. The lowest BCUT2D eigenvalue weighted by Gasteiger charge is -2.42. The van der Waals surface area contributed by atoms with Crippen molar-refractivity contribution in [2.45, 2.75) is 37.6 Å². The first-order valence-corrected chi connectivity index (χ1v) is 6.32. The van der Waals surface area contributed by atoms with Crippen LogP contribution in [0, 0.1) is 0 Å². The van der Waals surface area contributed by atoms with Crippen molar-refractivity contribution >= 4 is 0 Å². The molecule has 2 aliphatic heterocycles. The average Bonchev–Trinajstić information content (AvgIpc) is 2.63. The Morgan fingerprint density at radius 1 is 1.33 bits per heavy atom. The van der Waals surface area contributed by atoms with Crippen LogP contribution in [0.15, 0.2) is 0 Å². The molecule has 1 spiro atoms. The molecule has 0 saturated carbocycles. The molecular formula is C12H24N2O. The third kappa shape index (κ3) is 2.52. The second-order valence-electron chi connectivity index (χ2n) is 4.94. The molecule has 0 aliphatic carbocycles. The highest BCUT2D eigenvalue weighted by molar-refractivity contribution is 4.99. The minimum Gasteiger partial charge on any atom is -0.385 e. The molecule has 3 nitrogen and oxygen atoms in total. The minimum absolute atomic E-state index is 0.506. The van der Waals surface area contributed by atoms with Crippen molar-refractivity contribution in [3.8, 4) is 0 Å². The van der Waals surface area contributed by atoms with E-state index in [4.69, 9.17) is 4.74 Å². The topological polar surface area (TPSA) is 24.5 Å². The zero-order valence-electron chi connectivity index (χ0n) is 9.93. The molecule has 15 heavy (non-hydrogen) atoms. The normalized spacial score (nSPS) is 32.6. The van der Waals surface area contributed by atoms with Gasteiger partial charge in [0.25, 0.3) is 0 Å². The van der Waals surface area contributed by atoms with Crippen LogP contribution in [0.2, 0.25) is 0 Å². The number of nitrogens with zero attached hydrogens (tertiary/aromatic N) is 1. The zero-order valence-corrected chi connectivity index (χ0v) is 9.93. The van der Waals surface area contributed by atoms with E-state index in [1.807, 2.05) is 0 Å². The zero-order chi connectivity index (χ0) is 10.6. The second kappa shape index (κ2) is 5.28. The molecule has 2 fully saturated rings. The largest absolute Gasteiger partial charge is 0.385 e. The van der Waals surface area contributed by atoms with Gasteiger partial charge >= 0.3 is 0 Å². The summed E-state index contributed by atoms with van der Waals surface area (Å²) < 4.78 is 5.14. The molecule has 88 valence electrons. The van der Waals surface area contributed by atoms with Crippen LogP contribution >= 0.6 is 0 Å². The fraction of sp³-hybridized carbons (Fsp3) is 1.00. The lowest BCUT2D eigenvalue weighted by Crippen LogP contribution is -2.54. The van der Waals surface area contributed by atoms with E-state index in [9.17, 15) is 0 Å². The smallest absolute Gasteiger partial charge is 0.0474 e. The molecular weight excluding hydrogens is 188 g/mol. The Kier molecular flexibility index (Phi) is 4.00. The number of hydrogen-bond acceptors (Lipinski definition) is 3. The molecule has 0 aromatic heterocycles. The molecule has 0 radical (unpaired) electrons. The van der Waals surface area contributed by atoms with E-state index in [2.05, 4.69) is 10.2 Å². The molecule has 2 saturated heterocycles. The predicted octanol–water partition coefficient (Wildman–Crippen LogP) is 1.24. The van der Waals surface area contributed by atoms with Gasteiger partial charge in [-0.1, -0.05) is 0 Å². The number of nitrogens with one attached hydrogen (secondary N) is 1. The van der Waals surface area contributed by atoms with Gasteiger partial charge in [0, 0.05) is 32.3 Å². The highest BCUT2D eigenvalue weighted by atomic mass is 16.5. The summed E-state index contributed by atoms with van der Waals surface area (Å²) in [4.78, 5) is 2.71. The van der Waals surface area contributed by atoms with Crippen molar-refractivity contribution in [3.05, 3.63) is 0 Å². The maximum atomic E-state index is 5.14. The van der Waals surface area contributed by atoms with Crippen molar-refractivity contribution in [1.82, 2.24) is 10.2 Å². The minimum atomic E-state index is 0.506. The molecule has 0 bridgehead atoms. The summed E-state index contributed by atoms with van der Waals surface area (Å²) in [6, 6.07) is 0. The second-order valence-corrected chi connectivity index (χ2v) is 4.94. The van der Waals surface area contributed by atoms with Crippen molar-refractivity contribution in [2.24, 2.45) is 0 Å². The summed E-state index contributed by atoms with van der Waals surface area (Å²) in [5.41, 5.74) is 0.506. The van der Waals surface area contributed by atoms with Gasteiger partial charge < -0.3 is 10.1 Å². The van der Waals surface area contributed by atoms with Crippen LogP contribution in [0.1, 0.15) is 32.1 Å². The summed E-state index contributed by atoms with van der Waals surface area (Å²) in [6.07, 6.45) is 6.70. The highest BCUT2D eigenvalue weighted by Gasteiger charge is 2.40. The van der Waals surface area contributed by atoms with E-state index in [-0.39, 0.29) is 0 Å².